The molecule has 1 saturated heterocycles. The highest BCUT2D eigenvalue weighted by molar-refractivity contribution is 5.54. The van der Waals surface area contributed by atoms with Crippen molar-refractivity contribution in [2.24, 2.45) is 0 Å². The van der Waals surface area contributed by atoms with Crippen molar-refractivity contribution >= 4 is 11.4 Å². The van der Waals surface area contributed by atoms with Crippen LogP contribution in [0.25, 0.3) is 5.69 Å². The molecule has 0 radical (unpaired) electrons. The van der Waals surface area contributed by atoms with E-state index in [1.54, 1.807) is 14.0 Å². The van der Waals surface area contributed by atoms with Crippen molar-refractivity contribution in [1.82, 2.24) is 29.1 Å². The van der Waals surface area contributed by atoms with Gasteiger partial charge >= 0.3 is 5.69 Å². The van der Waals surface area contributed by atoms with E-state index in [0.717, 1.165) is 60.1 Å². The molecule has 0 bridgehead atoms. The summed E-state index contributed by atoms with van der Waals surface area (Å²) in [6.07, 6.45) is 4.00. The van der Waals surface area contributed by atoms with Gasteiger partial charge in [-0.05, 0) is 61.5 Å². The van der Waals surface area contributed by atoms with E-state index in [0.29, 0.717) is 11.8 Å². The number of nitrogens with zero attached hydrogens (tertiary/aromatic N) is 8. The number of aliphatic hydroxyl groups is 1. The minimum absolute atomic E-state index is 0.195. The second-order valence-electron chi connectivity index (χ2n) is 10.7. The largest absolute Gasteiger partial charge is 0.497 e. The van der Waals surface area contributed by atoms with Crippen LogP contribution in [-0.2, 0) is 12.1 Å². The fourth-order valence-electron chi connectivity index (χ4n) is 5.65. The third-order valence-corrected chi connectivity index (χ3v) is 8.23. The van der Waals surface area contributed by atoms with Crippen LogP contribution in [0.15, 0.2) is 90.5 Å². The zero-order valence-corrected chi connectivity index (χ0v) is 24.3. The number of ether oxygens (including phenoxy) is 1. The number of piperazine rings is 1. The van der Waals surface area contributed by atoms with Crippen LogP contribution in [0.5, 0.6) is 5.75 Å². The summed E-state index contributed by atoms with van der Waals surface area (Å²) in [7, 11) is 1.66. The second-order valence-corrected chi connectivity index (χ2v) is 10.7. The normalized spacial score (nSPS) is 15.7. The minimum Gasteiger partial charge on any atom is -0.497 e. The van der Waals surface area contributed by atoms with Crippen molar-refractivity contribution in [3.8, 4) is 11.4 Å². The summed E-state index contributed by atoms with van der Waals surface area (Å²) >= 11 is 0. The number of methoxy groups -OCH3 is 1. The highest BCUT2D eigenvalue weighted by Crippen LogP contribution is 2.36. The van der Waals surface area contributed by atoms with Crippen LogP contribution >= 0.6 is 0 Å². The van der Waals surface area contributed by atoms with Crippen LogP contribution in [0.2, 0.25) is 0 Å². The monoisotopic (exact) mass is 602 g/mol. The number of hydrogen-bond donors (Lipinski definition) is 1. The predicted molar refractivity (Wildman–Crippen MR) is 160 cm³/mol. The van der Waals surface area contributed by atoms with Gasteiger partial charge in [0.1, 0.15) is 42.0 Å². The van der Waals surface area contributed by atoms with Crippen molar-refractivity contribution in [3.05, 3.63) is 113 Å². The Morgan fingerprint density at radius 1 is 0.886 bits per heavy atom. The second kappa shape index (κ2) is 11.9. The third kappa shape index (κ3) is 5.53. The molecule has 1 N–H and O–H groups in total. The van der Waals surface area contributed by atoms with Gasteiger partial charge in [0.15, 0.2) is 0 Å². The molecule has 3 heterocycles. The summed E-state index contributed by atoms with van der Waals surface area (Å²) < 4.78 is 37.7. The first-order valence-corrected chi connectivity index (χ1v) is 14.2. The van der Waals surface area contributed by atoms with Crippen LogP contribution in [0.4, 0.5) is 20.2 Å². The lowest BCUT2D eigenvalue weighted by atomic mass is 9.86. The van der Waals surface area contributed by atoms with Gasteiger partial charge in [-0.15, -0.1) is 0 Å². The van der Waals surface area contributed by atoms with Gasteiger partial charge in [0.2, 0.25) is 0 Å². The molecule has 1 fully saturated rings. The van der Waals surface area contributed by atoms with Crippen molar-refractivity contribution in [2.75, 3.05) is 43.1 Å². The molecule has 6 rings (SSSR count). The Hall–Kier alpha value is -5.04. The van der Waals surface area contributed by atoms with Gasteiger partial charge < -0.3 is 19.6 Å². The molecule has 5 aromatic rings. The van der Waals surface area contributed by atoms with Crippen LogP contribution in [0.1, 0.15) is 18.5 Å². The number of aromatic nitrogens is 6. The van der Waals surface area contributed by atoms with Crippen LogP contribution in [0, 0.1) is 11.6 Å². The Balaban J connectivity index is 1.20. The molecule has 3 aromatic carbocycles. The summed E-state index contributed by atoms with van der Waals surface area (Å²) in [6, 6.07) is 17.5. The number of anilines is 2. The zero-order chi connectivity index (χ0) is 30.8. The molecule has 13 heteroatoms. The number of hydrogen-bond acceptors (Lipinski definition) is 8. The molecule has 1 aliphatic heterocycles. The maximum Gasteiger partial charge on any atom is 0.350 e. The lowest BCUT2D eigenvalue weighted by Gasteiger charge is -2.37. The smallest absolute Gasteiger partial charge is 0.350 e. The maximum absolute atomic E-state index is 15.0. The first-order chi connectivity index (χ1) is 21.3. The number of halogens is 2. The average Bonchev–Trinajstić information content (AvgIpc) is 3.70. The maximum atomic E-state index is 15.0. The summed E-state index contributed by atoms with van der Waals surface area (Å²) in [6.45, 7) is 4.70. The fraction of sp³-hybridized carbons (Fsp3) is 0.290. The molecule has 2 atom stereocenters. The van der Waals surface area contributed by atoms with E-state index in [2.05, 4.69) is 37.1 Å². The lowest BCUT2D eigenvalue weighted by molar-refractivity contribution is -0.0381. The van der Waals surface area contributed by atoms with E-state index >= 15 is 0 Å². The quantitative estimate of drug-likeness (QED) is 0.274. The summed E-state index contributed by atoms with van der Waals surface area (Å²) in [5.74, 6) is -0.908. The standard InChI is InChI=1S/C31H32F2N8O3/c1-22(31(43,18-39-20-34-19-35-39)28-12-3-23(32)17-29(28)33)41-30(42)40(21-36-41)26-6-4-24(5-7-26)37-13-15-38(16-14-37)25-8-10-27(44-2)11-9-25/h3-12,17,19-22,43H,13-16,18H2,1-2H3/t22-,31-/m1/s1. The fourth-order valence-corrected chi connectivity index (χ4v) is 5.65. The Morgan fingerprint density at radius 2 is 1.50 bits per heavy atom. The van der Waals surface area contributed by atoms with Gasteiger partial charge in [-0.2, -0.15) is 10.2 Å². The van der Waals surface area contributed by atoms with Crippen molar-refractivity contribution in [1.29, 1.82) is 0 Å². The van der Waals surface area contributed by atoms with Crippen molar-refractivity contribution in [3.63, 3.8) is 0 Å². The number of rotatable bonds is 9. The highest BCUT2D eigenvalue weighted by atomic mass is 19.1. The van der Waals surface area contributed by atoms with E-state index < -0.39 is 29.0 Å². The van der Waals surface area contributed by atoms with E-state index in [4.69, 9.17) is 4.74 Å². The molecule has 228 valence electrons. The first-order valence-electron chi connectivity index (χ1n) is 14.2. The van der Waals surface area contributed by atoms with Crippen LogP contribution in [0.3, 0.4) is 0 Å². The first kappa shape index (κ1) is 29.1. The molecular formula is C31H32F2N8O3. The van der Waals surface area contributed by atoms with E-state index in [-0.39, 0.29) is 12.1 Å². The minimum atomic E-state index is -2.02. The molecule has 44 heavy (non-hydrogen) atoms. The Labute approximate surface area is 252 Å². The van der Waals surface area contributed by atoms with E-state index in [1.165, 1.54) is 28.2 Å². The SMILES string of the molecule is COc1ccc(N2CCN(c3ccc(-n4cnn([C@H](C)[C@](O)(Cn5cncn5)c5ccc(F)cc5F)c4=O)cc3)CC2)cc1. The highest BCUT2D eigenvalue weighted by Gasteiger charge is 2.42. The third-order valence-electron chi connectivity index (χ3n) is 8.23. The van der Waals surface area contributed by atoms with Gasteiger partial charge in [0.25, 0.3) is 0 Å². The predicted octanol–water partition coefficient (Wildman–Crippen LogP) is 3.39. The van der Waals surface area contributed by atoms with Gasteiger partial charge in [-0.3, -0.25) is 0 Å². The zero-order valence-electron chi connectivity index (χ0n) is 24.3. The van der Waals surface area contributed by atoms with Crippen LogP contribution < -0.4 is 20.2 Å². The molecule has 2 aromatic heterocycles. The summed E-state index contributed by atoms with van der Waals surface area (Å²) in [4.78, 5) is 22.1. The van der Waals surface area contributed by atoms with Gasteiger partial charge in [-0.25, -0.2) is 32.5 Å². The molecule has 1 aliphatic rings. The molecule has 0 aliphatic carbocycles. The average molecular weight is 603 g/mol. The molecule has 0 saturated carbocycles. The van der Waals surface area contributed by atoms with Crippen molar-refractivity contribution < 1.29 is 18.6 Å². The lowest BCUT2D eigenvalue weighted by Crippen LogP contribution is -2.46. The summed E-state index contributed by atoms with van der Waals surface area (Å²) in [5.41, 5.74) is 0.0268. The topological polar surface area (TPSA) is 106 Å². The molecular weight excluding hydrogens is 570 g/mol. The Bertz CT molecular complexity index is 1770. The molecule has 0 unspecified atom stereocenters. The Morgan fingerprint density at radius 3 is 2.07 bits per heavy atom. The molecule has 11 nitrogen and oxygen atoms in total. The van der Waals surface area contributed by atoms with E-state index in [9.17, 15) is 18.7 Å². The van der Waals surface area contributed by atoms with Gasteiger partial charge in [0.05, 0.1) is 25.4 Å². The number of benzene rings is 3. The van der Waals surface area contributed by atoms with Gasteiger partial charge in [0, 0.05) is 49.2 Å². The Kier molecular flexibility index (Phi) is 7.87. The van der Waals surface area contributed by atoms with Gasteiger partial charge in [-0.1, -0.05) is 6.07 Å². The van der Waals surface area contributed by atoms with Crippen LogP contribution in [-0.4, -0.2) is 67.5 Å². The molecule has 0 amide bonds. The van der Waals surface area contributed by atoms with Crippen molar-refractivity contribution in [2.45, 2.75) is 25.1 Å². The molecule has 0 spiro atoms. The summed E-state index contributed by atoms with van der Waals surface area (Å²) in [5, 5.41) is 20.2. The van der Waals surface area contributed by atoms with E-state index in [1.807, 2.05) is 36.4 Å².